The maximum absolute atomic E-state index is 12.8. The third kappa shape index (κ3) is 4.37. The van der Waals surface area contributed by atoms with E-state index in [0.29, 0.717) is 41.1 Å². The summed E-state index contributed by atoms with van der Waals surface area (Å²) < 4.78 is 50.1. The maximum Gasteiger partial charge on any atom is 0.573 e. The van der Waals surface area contributed by atoms with Crippen molar-refractivity contribution in [2.45, 2.75) is 70.4 Å². The van der Waals surface area contributed by atoms with E-state index >= 15 is 0 Å². The molecule has 1 unspecified atom stereocenters. The van der Waals surface area contributed by atoms with E-state index in [1.165, 1.54) is 30.8 Å². The lowest BCUT2D eigenvalue weighted by atomic mass is 10.0. The van der Waals surface area contributed by atoms with Crippen molar-refractivity contribution < 1.29 is 22.6 Å². The SMILES string of the molecule is CCC(C)n1nc(-c2cnc(N)c(OC(F)(F)F)c2)cc1[C@H]1[C@@H]2C[C@H](N3CCOC[C@@H]3C)C[C@@H]21. The Hall–Kier alpha value is -2.33. The van der Waals surface area contributed by atoms with Crippen LogP contribution in [0.1, 0.15) is 57.7 Å². The van der Waals surface area contributed by atoms with Gasteiger partial charge >= 0.3 is 6.36 Å². The highest BCUT2D eigenvalue weighted by atomic mass is 19.4. The lowest BCUT2D eigenvalue weighted by Crippen LogP contribution is -2.49. The fourth-order valence-electron chi connectivity index (χ4n) is 5.93. The zero-order valence-electron chi connectivity index (χ0n) is 19.8. The standard InChI is InChI=1S/C24H32F3N5O2/c1-4-13(2)32-20(22-17-8-16(9-18(17)22)31-5-6-33-12-14(31)3)10-19(30-32)15-7-21(23(28)29-11-15)34-24(25,26)27/h7,10-11,13-14,16-18,22H,4-6,8-9,12H2,1-3H3,(H2,28,29)/t13?,14-,16-,17+,18-,22-/m0/s1. The topological polar surface area (TPSA) is 78.4 Å². The summed E-state index contributed by atoms with van der Waals surface area (Å²) in [6, 6.07) is 4.54. The van der Waals surface area contributed by atoms with Crippen LogP contribution in [0.4, 0.5) is 19.0 Å². The van der Waals surface area contributed by atoms with Gasteiger partial charge in [-0.2, -0.15) is 5.10 Å². The zero-order valence-corrected chi connectivity index (χ0v) is 19.8. The van der Waals surface area contributed by atoms with Crippen LogP contribution in [-0.2, 0) is 4.74 Å². The van der Waals surface area contributed by atoms with Gasteiger partial charge in [-0.3, -0.25) is 9.58 Å². The number of aromatic nitrogens is 3. The molecule has 5 rings (SSSR count). The molecule has 10 heteroatoms. The molecule has 3 heterocycles. The van der Waals surface area contributed by atoms with Crippen LogP contribution in [0.15, 0.2) is 18.3 Å². The summed E-state index contributed by atoms with van der Waals surface area (Å²) in [6.07, 6.45) is -0.126. The first kappa shape index (κ1) is 23.4. The van der Waals surface area contributed by atoms with Crippen molar-refractivity contribution in [3.8, 4) is 17.0 Å². The Bertz CT molecular complexity index is 1030. The molecule has 2 aliphatic carbocycles. The third-order valence-corrected chi connectivity index (χ3v) is 7.83. The number of hydrogen-bond donors (Lipinski definition) is 1. The Balaban J connectivity index is 1.38. The third-order valence-electron chi connectivity index (χ3n) is 7.83. The van der Waals surface area contributed by atoms with Gasteiger partial charge in [-0.05, 0) is 57.1 Å². The van der Waals surface area contributed by atoms with Gasteiger partial charge in [-0.1, -0.05) is 6.92 Å². The Labute approximate surface area is 197 Å². The van der Waals surface area contributed by atoms with Crippen LogP contribution in [0.5, 0.6) is 5.75 Å². The second-order valence-corrected chi connectivity index (χ2v) is 9.95. The highest BCUT2D eigenvalue weighted by Crippen LogP contribution is 2.64. The molecule has 0 amide bonds. The summed E-state index contributed by atoms with van der Waals surface area (Å²) in [5.74, 6) is 0.885. The van der Waals surface area contributed by atoms with Crippen molar-refractivity contribution in [1.29, 1.82) is 0 Å². The summed E-state index contributed by atoms with van der Waals surface area (Å²) in [6.45, 7) is 9.07. The summed E-state index contributed by atoms with van der Waals surface area (Å²) in [5.41, 5.74) is 7.84. The number of pyridine rings is 1. The monoisotopic (exact) mass is 479 g/mol. The number of halogens is 3. The number of anilines is 1. The number of nitrogen functional groups attached to an aromatic ring is 1. The van der Waals surface area contributed by atoms with Crippen molar-refractivity contribution in [2.75, 3.05) is 25.5 Å². The van der Waals surface area contributed by atoms with Crippen LogP contribution in [-0.4, -0.2) is 57.9 Å². The molecule has 0 aromatic carbocycles. The Morgan fingerprint density at radius 3 is 2.65 bits per heavy atom. The molecule has 0 bridgehead atoms. The molecule has 2 N–H and O–H groups in total. The molecule has 186 valence electrons. The minimum atomic E-state index is -4.84. The largest absolute Gasteiger partial charge is 0.573 e. The van der Waals surface area contributed by atoms with Crippen molar-refractivity contribution in [1.82, 2.24) is 19.7 Å². The van der Waals surface area contributed by atoms with Crippen LogP contribution in [0, 0.1) is 11.8 Å². The summed E-state index contributed by atoms with van der Waals surface area (Å²) in [7, 11) is 0. The molecule has 0 spiro atoms. The van der Waals surface area contributed by atoms with Gasteiger partial charge in [0.05, 0.1) is 18.9 Å². The van der Waals surface area contributed by atoms with Crippen LogP contribution in [0.3, 0.4) is 0 Å². The maximum atomic E-state index is 12.8. The molecular formula is C24H32F3N5O2. The smallest absolute Gasteiger partial charge is 0.402 e. The Morgan fingerprint density at radius 1 is 1.26 bits per heavy atom. The number of morpholine rings is 1. The second-order valence-electron chi connectivity index (χ2n) is 9.95. The average molecular weight is 480 g/mol. The van der Waals surface area contributed by atoms with Gasteiger partial charge in [-0.15, -0.1) is 13.2 Å². The molecule has 1 saturated heterocycles. The molecule has 7 nitrogen and oxygen atoms in total. The number of hydrogen-bond acceptors (Lipinski definition) is 6. The van der Waals surface area contributed by atoms with Gasteiger partial charge in [0.15, 0.2) is 11.6 Å². The van der Waals surface area contributed by atoms with Gasteiger partial charge in [-0.25, -0.2) is 4.98 Å². The number of alkyl halides is 3. The van der Waals surface area contributed by atoms with E-state index in [-0.39, 0.29) is 11.9 Å². The molecule has 2 saturated carbocycles. The highest BCUT2D eigenvalue weighted by Gasteiger charge is 2.59. The fourth-order valence-corrected chi connectivity index (χ4v) is 5.93. The second kappa shape index (κ2) is 8.71. The van der Waals surface area contributed by atoms with E-state index in [4.69, 9.17) is 15.6 Å². The summed E-state index contributed by atoms with van der Waals surface area (Å²) in [4.78, 5) is 6.52. The molecule has 2 aromatic rings. The molecular weight excluding hydrogens is 447 g/mol. The van der Waals surface area contributed by atoms with Crippen LogP contribution < -0.4 is 10.5 Å². The summed E-state index contributed by atoms with van der Waals surface area (Å²) in [5, 5.41) is 4.80. The van der Waals surface area contributed by atoms with Crippen LogP contribution in [0.2, 0.25) is 0 Å². The van der Waals surface area contributed by atoms with Gasteiger partial charge < -0.3 is 15.2 Å². The zero-order chi connectivity index (χ0) is 24.2. The highest BCUT2D eigenvalue weighted by molar-refractivity contribution is 5.64. The Morgan fingerprint density at radius 2 is 2.00 bits per heavy atom. The van der Waals surface area contributed by atoms with E-state index < -0.39 is 12.1 Å². The predicted molar refractivity (Wildman–Crippen MR) is 121 cm³/mol. The number of nitrogens with zero attached hydrogens (tertiary/aromatic N) is 4. The van der Waals surface area contributed by atoms with Crippen LogP contribution >= 0.6 is 0 Å². The van der Waals surface area contributed by atoms with Crippen molar-refractivity contribution in [2.24, 2.45) is 11.8 Å². The van der Waals surface area contributed by atoms with E-state index in [9.17, 15) is 13.2 Å². The van der Waals surface area contributed by atoms with Crippen molar-refractivity contribution >= 4 is 5.82 Å². The summed E-state index contributed by atoms with van der Waals surface area (Å²) >= 11 is 0. The van der Waals surface area contributed by atoms with Gasteiger partial charge in [0.1, 0.15) is 0 Å². The number of fused-ring (bicyclic) bond motifs is 1. The van der Waals surface area contributed by atoms with Crippen molar-refractivity contribution in [3.63, 3.8) is 0 Å². The van der Waals surface area contributed by atoms with E-state index in [0.717, 1.165) is 26.2 Å². The minimum Gasteiger partial charge on any atom is -0.402 e. The molecule has 1 aliphatic heterocycles. The Kier molecular flexibility index (Phi) is 6.00. The number of ether oxygens (including phenoxy) is 2. The molecule has 3 fully saturated rings. The fraction of sp³-hybridized carbons (Fsp3) is 0.667. The lowest BCUT2D eigenvalue weighted by Gasteiger charge is -2.38. The molecule has 3 aliphatic rings. The quantitative estimate of drug-likeness (QED) is 0.652. The van der Waals surface area contributed by atoms with E-state index in [1.807, 2.05) is 6.07 Å². The molecule has 2 aromatic heterocycles. The normalized spacial score (nSPS) is 30.2. The van der Waals surface area contributed by atoms with E-state index in [1.54, 1.807) is 0 Å². The number of rotatable bonds is 6. The average Bonchev–Trinajstić information content (AvgIpc) is 3.13. The van der Waals surface area contributed by atoms with E-state index in [2.05, 4.69) is 40.1 Å². The predicted octanol–water partition coefficient (Wildman–Crippen LogP) is 4.61. The van der Waals surface area contributed by atoms with Crippen molar-refractivity contribution in [3.05, 3.63) is 24.0 Å². The lowest BCUT2D eigenvalue weighted by molar-refractivity contribution is -0.274. The first-order chi connectivity index (χ1) is 16.2. The van der Waals surface area contributed by atoms with Gasteiger partial charge in [0.2, 0.25) is 0 Å². The first-order valence-corrected chi connectivity index (χ1v) is 12.1. The van der Waals surface area contributed by atoms with Gasteiger partial charge in [0, 0.05) is 48.0 Å². The molecule has 0 radical (unpaired) electrons. The first-order valence-electron chi connectivity index (χ1n) is 12.1. The number of nitrogens with two attached hydrogens (primary N) is 1. The molecule has 34 heavy (non-hydrogen) atoms. The van der Waals surface area contributed by atoms with Crippen LogP contribution in [0.25, 0.3) is 11.3 Å². The van der Waals surface area contributed by atoms with Gasteiger partial charge in [0.25, 0.3) is 0 Å². The molecule has 6 atom stereocenters. The minimum absolute atomic E-state index is 0.188.